The lowest BCUT2D eigenvalue weighted by molar-refractivity contribution is 0.546. The average molecular weight is 249 g/mol. The second-order valence-electron chi connectivity index (χ2n) is 5.00. The Labute approximate surface area is 115 Å². The maximum atomic E-state index is 5.44. The SMILES string of the molecule is C#Cc1cccc(NC(c2ccccc2)C(C)C)c1. The topological polar surface area (TPSA) is 12.0 Å². The van der Waals surface area contributed by atoms with Crippen LogP contribution in [-0.4, -0.2) is 0 Å². The fourth-order valence-corrected chi connectivity index (χ4v) is 2.17. The van der Waals surface area contributed by atoms with Gasteiger partial charge in [-0.15, -0.1) is 6.42 Å². The summed E-state index contributed by atoms with van der Waals surface area (Å²) in [7, 11) is 0. The van der Waals surface area contributed by atoms with E-state index in [9.17, 15) is 0 Å². The highest BCUT2D eigenvalue weighted by molar-refractivity contribution is 5.51. The molecule has 0 amide bonds. The molecule has 96 valence electrons. The van der Waals surface area contributed by atoms with Crippen LogP contribution in [0.25, 0.3) is 0 Å². The summed E-state index contributed by atoms with van der Waals surface area (Å²) < 4.78 is 0. The summed E-state index contributed by atoms with van der Waals surface area (Å²) in [5.41, 5.74) is 3.27. The number of terminal acetylenes is 1. The van der Waals surface area contributed by atoms with Gasteiger partial charge in [0.05, 0.1) is 6.04 Å². The maximum Gasteiger partial charge on any atom is 0.0536 e. The molecule has 0 fully saturated rings. The smallest absolute Gasteiger partial charge is 0.0536 e. The van der Waals surface area contributed by atoms with Gasteiger partial charge in [0.1, 0.15) is 0 Å². The summed E-state index contributed by atoms with van der Waals surface area (Å²) in [6.45, 7) is 4.44. The predicted molar refractivity (Wildman–Crippen MR) is 82.0 cm³/mol. The van der Waals surface area contributed by atoms with Gasteiger partial charge in [-0.25, -0.2) is 0 Å². The third-order valence-electron chi connectivity index (χ3n) is 3.18. The van der Waals surface area contributed by atoms with Gasteiger partial charge in [-0.2, -0.15) is 0 Å². The fraction of sp³-hybridized carbons (Fsp3) is 0.222. The monoisotopic (exact) mass is 249 g/mol. The van der Waals surface area contributed by atoms with E-state index in [1.165, 1.54) is 5.56 Å². The zero-order chi connectivity index (χ0) is 13.7. The zero-order valence-corrected chi connectivity index (χ0v) is 11.4. The van der Waals surface area contributed by atoms with Crippen LogP contribution in [0.1, 0.15) is 31.0 Å². The number of hydrogen-bond donors (Lipinski definition) is 1. The van der Waals surface area contributed by atoms with Crippen LogP contribution in [0, 0.1) is 18.3 Å². The van der Waals surface area contributed by atoms with Crippen LogP contribution in [0.3, 0.4) is 0 Å². The summed E-state index contributed by atoms with van der Waals surface area (Å²) in [6.07, 6.45) is 5.44. The lowest BCUT2D eigenvalue weighted by atomic mass is 9.95. The first-order valence-corrected chi connectivity index (χ1v) is 6.59. The summed E-state index contributed by atoms with van der Waals surface area (Å²) >= 11 is 0. The van der Waals surface area contributed by atoms with E-state index >= 15 is 0 Å². The number of hydrogen-bond acceptors (Lipinski definition) is 1. The Morgan fingerprint density at radius 1 is 1.00 bits per heavy atom. The second-order valence-corrected chi connectivity index (χ2v) is 5.00. The van der Waals surface area contributed by atoms with E-state index in [-0.39, 0.29) is 6.04 Å². The van der Waals surface area contributed by atoms with Gasteiger partial charge in [0.15, 0.2) is 0 Å². The molecule has 0 saturated heterocycles. The molecule has 1 heteroatoms. The normalized spacial score (nSPS) is 11.9. The van der Waals surface area contributed by atoms with Crippen molar-refractivity contribution in [3.8, 4) is 12.3 Å². The van der Waals surface area contributed by atoms with Gasteiger partial charge in [0.2, 0.25) is 0 Å². The van der Waals surface area contributed by atoms with Crippen molar-refractivity contribution in [3.05, 3.63) is 65.7 Å². The molecule has 1 nitrogen and oxygen atoms in total. The largest absolute Gasteiger partial charge is 0.378 e. The van der Waals surface area contributed by atoms with Gasteiger partial charge >= 0.3 is 0 Å². The Bertz CT molecular complexity index is 564. The summed E-state index contributed by atoms with van der Waals surface area (Å²) in [5.74, 6) is 3.17. The van der Waals surface area contributed by atoms with E-state index in [0.29, 0.717) is 5.92 Å². The molecule has 19 heavy (non-hydrogen) atoms. The minimum Gasteiger partial charge on any atom is -0.378 e. The molecule has 0 aromatic heterocycles. The Hall–Kier alpha value is -2.20. The van der Waals surface area contributed by atoms with Crippen molar-refractivity contribution in [2.45, 2.75) is 19.9 Å². The molecule has 0 bridgehead atoms. The molecule has 0 aliphatic heterocycles. The molecular weight excluding hydrogens is 230 g/mol. The van der Waals surface area contributed by atoms with Gasteiger partial charge in [0, 0.05) is 11.3 Å². The van der Waals surface area contributed by atoms with E-state index in [1.807, 2.05) is 24.3 Å². The standard InChI is InChI=1S/C18H19N/c1-4-15-9-8-12-17(13-15)19-18(14(2)3)16-10-6-5-7-11-16/h1,5-14,18-19H,2-3H3. The summed E-state index contributed by atoms with van der Waals surface area (Å²) in [5, 5.41) is 3.57. The number of rotatable bonds is 4. The van der Waals surface area contributed by atoms with Crippen LogP contribution >= 0.6 is 0 Å². The third kappa shape index (κ3) is 3.39. The van der Waals surface area contributed by atoms with Crippen LogP contribution in [0.15, 0.2) is 54.6 Å². The Balaban J connectivity index is 2.25. The highest BCUT2D eigenvalue weighted by Gasteiger charge is 2.15. The molecule has 2 rings (SSSR count). The van der Waals surface area contributed by atoms with E-state index in [4.69, 9.17) is 6.42 Å². The minimum absolute atomic E-state index is 0.286. The molecule has 0 saturated carbocycles. The Morgan fingerprint density at radius 2 is 1.74 bits per heavy atom. The van der Waals surface area contributed by atoms with Gasteiger partial charge in [0.25, 0.3) is 0 Å². The molecule has 0 aliphatic rings. The number of benzene rings is 2. The van der Waals surface area contributed by atoms with Crippen LogP contribution < -0.4 is 5.32 Å². The van der Waals surface area contributed by atoms with Crippen molar-refractivity contribution in [1.29, 1.82) is 0 Å². The average Bonchev–Trinajstić information content (AvgIpc) is 2.45. The van der Waals surface area contributed by atoms with Crippen LogP contribution in [-0.2, 0) is 0 Å². The first kappa shape index (κ1) is 13.2. The van der Waals surface area contributed by atoms with Crippen molar-refractivity contribution in [1.82, 2.24) is 0 Å². The van der Waals surface area contributed by atoms with E-state index < -0.39 is 0 Å². The minimum atomic E-state index is 0.286. The molecule has 0 aliphatic carbocycles. The summed E-state index contributed by atoms with van der Waals surface area (Å²) in [6, 6.07) is 18.8. The highest BCUT2D eigenvalue weighted by atomic mass is 14.9. The van der Waals surface area contributed by atoms with Gasteiger partial charge in [-0.05, 0) is 29.7 Å². The van der Waals surface area contributed by atoms with Gasteiger partial charge < -0.3 is 5.32 Å². The van der Waals surface area contributed by atoms with Crippen molar-refractivity contribution in [2.24, 2.45) is 5.92 Å². The molecular formula is C18H19N. The number of anilines is 1. The lowest BCUT2D eigenvalue weighted by Crippen LogP contribution is -2.16. The Morgan fingerprint density at radius 3 is 2.37 bits per heavy atom. The van der Waals surface area contributed by atoms with E-state index in [1.54, 1.807) is 0 Å². The van der Waals surface area contributed by atoms with Gasteiger partial charge in [-0.3, -0.25) is 0 Å². The van der Waals surface area contributed by atoms with E-state index in [0.717, 1.165) is 11.3 Å². The fourth-order valence-electron chi connectivity index (χ4n) is 2.17. The summed E-state index contributed by atoms with van der Waals surface area (Å²) in [4.78, 5) is 0. The van der Waals surface area contributed by atoms with Crippen LogP contribution in [0.2, 0.25) is 0 Å². The van der Waals surface area contributed by atoms with Crippen molar-refractivity contribution in [3.63, 3.8) is 0 Å². The first-order valence-electron chi connectivity index (χ1n) is 6.59. The van der Waals surface area contributed by atoms with Crippen LogP contribution in [0.4, 0.5) is 5.69 Å². The molecule has 1 N–H and O–H groups in total. The van der Waals surface area contributed by atoms with Crippen molar-refractivity contribution < 1.29 is 0 Å². The Kier molecular flexibility index (Phi) is 4.26. The van der Waals surface area contributed by atoms with Gasteiger partial charge in [-0.1, -0.05) is 56.2 Å². The first-order chi connectivity index (χ1) is 9.20. The third-order valence-corrected chi connectivity index (χ3v) is 3.18. The van der Waals surface area contributed by atoms with Crippen molar-refractivity contribution >= 4 is 5.69 Å². The molecule has 2 aromatic carbocycles. The molecule has 0 radical (unpaired) electrons. The molecule has 0 spiro atoms. The van der Waals surface area contributed by atoms with Crippen LogP contribution in [0.5, 0.6) is 0 Å². The quantitative estimate of drug-likeness (QED) is 0.788. The lowest BCUT2D eigenvalue weighted by Gasteiger charge is -2.24. The zero-order valence-electron chi connectivity index (χ0n) is 11.4. The molecule has 2 aromatic rings. The predicted octanol–water partition coefficient (Wildman–Crippen LogP) is 4.48. The second kappa shape index (κ2) is 6.11. The highest BCUT2D eigenvalue weighted by Crippen LogP contribution is 2.26. The molecule has 1 atom stereocenters. The molecule has 0 heterocycles. The van der Waals surface area contributed by atoms with E-state index in [2.05, 4.69) is 55.4 Å². The molecule has 1 unspecified atom stereocenters. The number of nitrogens with one attached hydrogen (secondary N) is 1. The van der Waals surface area contributed by atoms with Crippen molar-refractivity contribution in [2.75, 3.05) is 5.32 Å². The maximum absolute atomic E-state index is 5.44.